The summed E-state index contributed by atoms with van der Waals surface area (Å²) in [6, 6.07) is 6.84. The Kier molecular flexibility index (Phi) is 3.51. The van der Waals surface area contributed by atoms with Crippen LogP contribution >= 0.6 is 0 Å². The molecule has 0 bridgehead atoms. The molecule has 4 heteroatoms. The lowest BCUT2D eigenvalue weighted by Gasteiger charge is -2.16. The molecule has 2 aliphatic rings. The maximum absolute atomic E-state index is 10.6. The van der Waals surface area contributed by atoms with Gasteiger partial charge in [-0.1, -0.05) is 12.1 Å². The number of rotatable bonds is 7. The molecule has 0 aromatic heterocycles. The molecule has 0 radical (unpaired) electrons. The van der Waals surface area contributed by atoms with Gasteiger partial charge in [-0.25, -0.2) is 0 Å². The minimum Gasteiger partial charge on any atom is -0.312 e. The first-order valence-electron chi connectivity index (χ1n) is 7.18. The van der Waals surface area contributed by atoms with Gasteiger partial charge < -0.3 is 5.32 Å². The summed E-state index contributed by atoms with van der Waals surface area (Å²) < 4.78 is 0. The Morgan fingerprint density at radius 3 is 2.21 bits per heavy atom. The molecule has 0 atom stereocenters. The highest BCUT2D eigenvalue weighted by Gasteiger charge is 2.40. The average Bonchev–Trinajstić information content (AvgIpc) is 3.28. The molecule has 0 spiro atoms. The standard InChI is InChI=1S/C15H20N2O2/c18-17(19)14-7-1-11(2-8-14)9-16-10-15(12-3-4-12)13-5-6-13/h1-2,7-8,12-13,15-16H,3-6,9-10H2. The summed E-state index contributed by atoms with van der Waals surface area (Å²) in [5, 5.41) is 14.1. The fraction of sp³-hybridized carbons (Fsp3) is 0.600. The van der Waals surface area contributed by atoms with Crippen molar-refractivity contribution in [1.82, 2.24) is 5.32 Å². The van der Waals surface area contributed by atoms with Crippen molar-refractivity contribution in [2.75, 3.05) is 6.54 Å². The van der Waals surface area contributed by atoms with Crippen molar-refractivity contribution in [3.05, 3.63) is 39.9 Å². The van der Waals surface area contributed by atoms with Crippen LogP contribution in [0.3, 0.4) is 0 Å². The zero-order chi connectivity index (χ0) is 13.2. The molecule has 1 aromatic carbocycles. The first-order valence-corrected chi connectivity index (χ1v) is 7.18. The molecule has 1 aromatic rings. The summed E-state index contributed by atoms with van der Waals surface area (Å²) in [5.41, 5.74) is 1.29. The maximum atomic E-state index is 10.6. The van der Waals surface area contributed by atoms with E-state index in [2.05, 4.69) is 5.32 Å². The van der Waals surface area contributed by atoms with Crippen molar-refractivity contribution in [1.29, 1.82) is 0 Å². The summed E-state index contributed by atoms with van der Waals surface area (Å²) in [6.07, 6.45) is 5.67. The van der Waals surface area contributed by atoms with Crippen molar-refractivity contribution < 1.29 is 4.92 Å². The van der Waals surface area contributed by atoms with Gasteiger partial charge in [0.2, 0.25) is 0 Å². The molecule has 0 unspecified atom stereocenters. The number of hydrogen-bond acceptors (Lipinski definition) is 3. The quantitative estimate of drug-likeness (QED) is 0.605. The van der Waals surface area contributed by atoms with Crippen molar-refractivity contribution in [3.63, 3.8) is 0 Å². The molecule has 3 rings (SSSR count). The van der Waals surface area contributed by atoms with Crippen LogP contribution in [-0.4, -0.2) is 11.5 Å². The normalized spacial score (nSPS) is 18.8. The summed E-state index contributed by atoms with van der Waals surface area (Å²) in [4.78, 5) is 10.2. The molecule has 19 heavy (non-hydrogen) atoms. The minimum atomic E-state index is -0.354. The first-order chi connectivity index (χ1) is 9.24. The van der Waals surface area contributed by atoms with E-state index in [9.17, 15) is 10.1 Å². The number of nitrogens with zero attached hydrogens (tertiary/aromatic N) is 1. The fourth-order valence-corrected chi connectivity index (χ4v) is 2.89. The molecule has 0 heterocycles. The lowest BCUT2D eigenvalue weighted by Crippen LogP contribution is -2.25. The van der Waals surface area contributed by atoms with Crippen molar-refractivity contribution in [3.8, 4) is 0 Å². The number of hydrogen-bond donors (Lipinski definition) is 1. The van der Waals surface area contributed by atoms with Crippen molar-refractivity contribution in [2.24, 2.45) is 17.8 Å². The van der Waals surface area contributed by atoms with Gasteiger partial charge in [0.25, 0.3) is 5.69 Å². The Hall–Kier alpha value is -1.42. The SMILES string of the molecule is O=[N+]([O-])c1ccc(CNCC(C2CC2)C2CC2)cc1. The van der Waals surface area contributed by atoms with Crippen LogP contribution in [0.4, 0.5) is 5.69 Å². The van der Waals surface area contributed by atoms with Gasteiger partial charge in [0, 0.05) is 18.7 Å². The van der Waals surface area contributed by atoms with E-state index in [1.54, 1.807) is 12.1 Å². The predicted octanol–water partition coefficient (Wildman–Crippen LogP) is 3.12. The van der Waals surface area contributed by atoms with Gasteiger partial charge in [0.15, 0.2) is 0 Å². The van der Waals surface area contributed by atoms with Crippen LogP contribution in [0.15, 0.2) is 24.3 Å². The maximum Gasteiger partial charge on any atom is 0.269 e. The van der Waals surface area contributed by atoms with Crippen LogP contribution < -0.4 is 5.32 Å². The van der Waals surface area contributed by atoms with Crippen LogP contribution in [0, 0.1) is 27.9 Å². The minimum absolute atomic E-state index is 0.164. The summed E-state index contributed by atoms with van der Waals surface area (Å²) in [6.45, 7) is 1.92. The monoisotopic (exact) mass is 260 g/mol. The number of nitrogens with one attached hydrogen (secondary N) is 1. The van der Waals surface area contributed by atoms with E-state index >= 15 is 0 Å². The van der Waals surface area contributed by atoms with Crippen LogP contribution in [0.25, 0.3) is 0 Å². The second-order valence-corrected chi connectivity index (χ2v) is 5.89. The predicted molar refractivity (Wildman–Crippen MR) is 73.7 cm³/mol. The molecule has 1 N–H and O–H groups in total. The first kappa shape index (κ1) is 12.6. The molecular formula is C15H20N2O2. The number of nitro groups is 1. The largest absolute Gasteiger partial charge is 0.312 e. The third-order valence-corrected chi connectivity index (χ3v) is 4.31. The Balaban J connectivity index is 1.47. The Morgan fingerprint density at radius 2 is 1.74 bits per heavy atom. The molecule has 2 saturated carbocycles. The van der Waals surface area contributed by atoms with Gasteiger partial charge in [-0.2, -0.15) is 0 Å². The van der Waals surface area contributed by atoms with Gasteiger partial charge >= 0.3 is 0 Å². The zero-order valence-electron chi connectivity index (χ0n) is 11.0. The van der Waals surface area contributed by atoms with E-state index in [4.69, 9.17) is 0 Å². The van der Waals surface area contributed by atoms with Gasteiger partial charge in [-0.3, -0.25) is 10.1 Å². The highest BCUT2D eigenvalue weighted by molar-refractivity contribution is 5.32. The molecule has 102 valence electrons. The molecule has 0 aliphatic heterocycles. The number of non-ortho nitro benzene ring substituents is 1. The molecule has 2 aliphatic carbocycles. The number of nitro benzene ring substituents is 1. The molecule has 0 amide bonds. The van der Waals surface area contributed by atoms with Crippen molar-refractivity contribution >= 4 is 5.69 Å². The highest BCUT2D eigenvalue weighted by Crippen LogP contribution is 2.48. The van der Waals surface area contributed by atoms with Gasteiger partial charge in [-0.05, 0) is 55.5 Å². The van der Waals surface area contributed by atoms with Crippen LogP contribution in [0.2, 0.25) is 0 Å². The molecule has 2 fully saturated rings. The van der Waals surface area contributed by atoms with Gasteiger partial charge in [0.05, 0.1) is 4.92 Å². The summed E-state index contributed by atoms with van der Waals surface area (Å²) in [5.74, 6) is 2.81. The third kappa shape index (κ3) is 3.32. The van der Waals surface area contributed by atoms with Gasteiger partial charge in [0.1, 0.15) is 0 Å². The van der Waals surface area contributed by atoms with Gasteiger partial charge in [-0.15, -0.1) is 0 Å². The summed E-state index contributed by atoms with van der Waals surface area (Å²) >= 11 is 0. The van der Waals surface area contributed by atoms with E-state index < -0.39 is 0 Å². The second kappa shape index (κ2) is 5.29. The fourth-order valence-electron chi connectivity index (χ4n) is 2.89. The van der Waals surface area contributed by atoms with E-state index in [1.165, 1.54) is 25.7 Å². The Morgan fingerprint density at radius 1 is 1.16 bits per heavy atom. The van der Waals surface area contributed by atoms with E-state index in [-0.39, 0.29) is 10.6 Å². The topological polar surface area (TPSA) is 55.2 Å². The van der Waals surface area contributed by atoms with Crippen LogP contribution in [0.5, 0.6) is 0 Å². The Bertz CT molecular complexity index is 438. The van der Waals surface area contributed by atoms with Crippen LogP contribution in [0.1, 0.15) is 31.2 Å². The molecule has 4 nitrogen and oxygen atoms in total. The van der Waals surface area contributed by atoms with E-state index in [1.807, 2.05) is 12.1 Å². The lowest BCUT2D eigenvalue weighted by molar-refractivity contribution is -0.384. The summed E-state index contributed by atoms with van der Waals surface area (Å²) in [7, 11) is 0. The third-order valence-electron chi connectivity index (χ3n) is 4.31. The van der Waals surface area contributed by atoms with E-state index in [0.717, 1.165) is 36.4 Å². The lowest BCUT2D eigenvalue weighted by atomic mass is 9.98. The number of benzene rings is 1. The molecular weight excluding hydrogens is 240 g/mol. The van der Waals surface area contributed by atoms with Crippen molar-refractivity contribution in [2.45, 2.75) is 32.2 Å². The second-order valence-electron chi connectivity index (χ2n) is 5.89. The zero-order valence-corrected chi connectivity index (χ0v) is 11.0. The molecule has 0 saturated heterocycles. The average molecular weight is 260 g/mol. The Labute approximate surface area is 113 Å². The highest BCUT2D eigenvalue weighted by atomic mass is 16.6. The van der Waals surface area contributed by atoms with Crippen LogP contribution in [-0.2, 0) is 6.54 Å². The van der Waals surface area contributed by atoms with E-state index in [0.29, 0.717) is 0 Å². The smallest absolute Gasteiger partial charge is 0.269 e.